The monoisotopic (exact) mass is 271 g/mol. The van der Waals surface area contributed by atoms with Gasteiger partial charge >= 0.3 is 0 Å². The first-order valence-corrected chi connectivity index (χ1v) is 8.30. The minimum atomic E-state index is 0.769. The van der Waals surface area contributed by atoms with Crippen LogP contribution in [0.2, 0.25) is 0 Å². The number of hydrogen-bond acceptors (Lipinski definition) is 3. The van der Waals surface area contributed by atoms with E-state index in [1.54, 1.807) is 0 Å². The van der Waals surface area contributed by atoms with Gasteiger partial charge in [-0.2, -0.15) is 0 Å². The second-order valence-corrected chi connectivity index (χ2v) is 6.82. The molecule has 0 spiro atoms. The van der Waals surface area contributed by atoms with E-state index in [1.807, 2.05) is 12.3 Å². The first-order chi connectivity index (χ1) is 9.90. The molecule has 3 fully saturated rings. The Morgan fingerprint density at radius 2 is 1.90 bits per heavy atom. The third kappa shape index (κ3) is 2.32. The van der Waals surface area contributed by atoms with Crippen LogP contribution in [-0.4, -0.2) is 42.1 Å². The van der Waals surface area contributed by atoms with Gasteiger partial charge in [0.1, 0.15) is 5.82 Å². The summed E-state index contributed by atoms with van der Waals surface area (Å²) in [5.41, 5.74) is 0. The maximum Gasteiger partial charge on any atom is 0.128 e. The van der Waals surface area contributed by atoms with Crippen LogP contribution in [0.4, 0.5) is 5.82 Å². The first kappa shape index (κ1) is 12.6. The van der Waals surface area contributed by atoms with E-state index in [4.69, 9.17) is 0 Å². The molecule has 1 aromatic rings. The van der Waals surface area contributed by atoms with Crippen molar-refractivity contribution in [3.05, 3.63) is 24.4 Å². The lowest BCUT2D eigenvalue weighted by Gasteiger charge is -2.50. The molecule has 3 heterocycles. The van der Waals surface area contributed by atoms with E-state index in [0.717, 1.165) is 30.2 Å². The molecule has 0 N–H and O–H groups in total. The fourth-order valence-electron chi connectivity index (χ4n) is 4.59. The van der Waals surface area contributed by atoms with Gasteiger partial charge in [0.15, 0.2) is 0 Å². The second kappa shape index (κ2) is 5.36. The third-order valence-corrected chi connectivity index (χ3v) is 5.69. The topological polar surface area (TPSA) is 19.4 Å². The Bertz CT molecular complexity index is 447. The molecule has 3 nitrogen and oxygen atoms in total. The smallest absolute Gasteiger partial charge is 0.128 e. The maximum absolute atomic E-state index is 4.53. The lowest BCUT2D eigenvalue weighted by Crippen LogP contribution is -2.58. The molecule has 0 radical (unpaired) electrons. The summed E-state index contributed by atoms with van der Waals surface area (Å²) in [4.78, 5) is 9.79. The summed E-state index contributed by atoms with van der Waals surface area (Å²) < 4.78 is 0. The highest BCUT2D eigenvalue weighted by molar-refractivity contribution is 5.38. The summed E-state index contributed by atoms with van der Waals surface area (Å²) >= 11 is 0. The van der Waals surface area contributed by atoms with Crippen LogP contribution in [0.15, 0.2) is 24.4 Å². The van der Waals surface area contributed by atoms with Gasteiger partial charge in [-0.1, -0.05) is 25.3 Å². The van der Waals surface area contributed by atoms with Crippen LogP contribution >= 0.6 is 0 Å². The molecule has 1 aromatic heterocycles. The summed E-state index contributed by atoms with van der Waals surface area (Å²) in [6.45, 7) is 4.92. The molecule has 108 valence electrons. The van der Waals surface area contributed by atoms with Crippen molar-refractivity contribution in [2.24, 2.45) is 11.8 Å². The zero-order chi connectivity index (χ0) is 13.4. The number of nitrogens with zero attached hydrogens (tertiary/aromatic N) is 3. The van der Waals surface area contributed by atoms with Crippen molar-refractivity contribution in [2.45, 2.75) is 38.1 Å². The summed E-state index contributed by atoms with van der Waals surface area (Å²) in [6, 6.07) is 7.03. The fourth-order valence-corrected chi connectivity index (χ4v) is 4.59. The van der Waals surface area contributed by atoms with E-state index < -0.39 is 0 Å². The van der Waals surface area contributed by atoms with Crippen molar-refractivity contribution < 1.29 is 0 Å². The van der Waals surface area contributed by atoms with Gasteiger partial charge in [-0.15, -0.1) is 0 Å². The lowest BCUT2D eigenvalue weighted by atomic mass is 9.72. The van der Waals surface area contributed by atoms with Gasteiger partial charge in [0.05, 0.1) is 0 Å². The highest BCUT2D eigenvalue weighted by Gasteiger charge is 2.39. The quantitative estimate of drug-likeness (QED) is 0.783. The standard InChI is InChI=1S/C17H25N3/c1-2-6-15-12-19-9-10-20(17-7-3-4-8-18-17)13-16(19)11-14(15)5-1/h3-4,7-8,14-16H,1-2,5-6,9-13H2/t14-,15+,16-/m1/s1. The highest BCUT2D eigenvalue weighted by Crippen LogP contribution is 2.39. The van der Waals surface area contributed by atoms with Gasteiger partial charge in [-0.25, -0.2) is 4.98 Å². The van der Waals surface area contributed by atoms with Gasteiger partial charge in [-0.3, -0.25) is 4.90 Å². The van der Waals surface area contributed by atoms with Crippen LogP contribution in [-0.2, 0) is 0 Å². The molecular formula is C17H25N3. The maximum atomic E-state index is 4.53. The molecule has 0 aromatic carbocycles. The number of pyridine rings is 1. The molecule has 1 saturated carbocycles. The van der Waals surface area contributed by atoms with Crippen LogP contribution in [0.3, 0.4) is 0 Å². The minimum Gasteiger partial charge on any atom is -0.354 e. The molecule has 2 saturated heterocycles. The Morgan fingerprint density at radius 3 is 2.75 bits per heavy atom. The molecule has 0 amide bonds. The number of anilines is 1. The molecule has 20 heavy (non-hydrogen) atoms. The molecular weight excluding hydrogens is 246 g/mol. The molecule has 3 aliphatic rings. The third-order valence-electron chi connectivity index (χ3n) is 5.69. The van der Waals surface area contributed by atoms with E-state index in [1.165, 1.54) is 51.7 Å². The number of aromatic nitrogens is 1. The molecule has 4 rings (SSSR count). The Hall–Kier alpha value is -1.09. The van der Waals surface area contributed by atoms with Crippen molar-refractivity contribution >= 4 is 5.82 Å². The Kier molecular flexibility index (Phi) is 3.39. The van der Waals surface area contributed by atoms with E-state index >= 15 is 0 Å². The fraction of sp³-hybridized carbons (Fsp3) is 0.706. The summed E-state index contributed by atoms with van der Waals surface area (Å²) in [5, 5.41) is 0. The molecule has 1 aliphatic carbocycles. The van der Waals surface area contributed by atoms with Crippen LogP contribution in [0.25, 0.3) is 0 Å². The Labute approximate surface area is 122 Å². The predicted octanol–water partition coefficient (Wildman–Crippen LogP) is 2.78. The van der Waals surface area contributed by atoms with Crippen molar-refractivity contribution in [3.63, 3.8) is 0 Å². The van der Waals surface area contributed by atoms with Gasteiger partial charge in [-0.05, 0) is 36.8 Å². The highest BCUT2D eigenvalue weighted by atomic mass is 15.3. The summed E-state index contributed by atoms with van der Waals surface area (Å²) in [6.07, 6.45) is 9.25. The minimum absolute atomic E-state index is 0.769. The first-order valence-electron chi connectivity index (χ1n) is 8.30. The van der Waals surface area contributed by atoms with Crippen molar-refractivity contribution in [1.82, 2.24) is 9.88 Å². The summed E-state index contributed by atoms with van der Waals surface area (Å²) in [7, 11) is 0. The molecule has 2 aliphatic heterocycles. The van der Waals surface area contributed by atoms with E-state index in [0.29, 0.717) is 0 Å². The number of rotatable bonds is 1. The molecule has 3 heteroatoms. The number of piperazine rings is 1. The SMILES string of the molecule is c1ccc(N2CCN3C[C@@H]4CCCC[C@@H]4C[C@@H]3C2)nc1. The average Bonchev–Trinajstić information content (AvgIpc) is 2.53. The van der Waals surface area contributed by atoms with Crippen molar-refractivity contribution in [2.75, 3.05) is 31.1 Å². The Balaban J connectivity index is 1.46. The normalized spacial score (nSPS) is 34.4. The predicted molar refractivity (Wildman–Crippen MR) is 81.9 cm³/mol. The van der Waals surface area contributed by atoms with Crippen LogP contribution in [0.5, 0.6) is 0 Å². The molecule has 0 bridgehead atoms. The second-order valence-electron chi connectivity index (χ2n) is 6.82. The molecule has 3 atom stereocenters. The number of fused-ring (bicyclic) bond motifs is 2. The largest absolute Gasteiger partial charge is 0.354 e. The van der Waals surface area contributed by atoms with E-state index in [2.05, 4.69) is 26.9 Å². The molecule has 0 unspecified atom stereocenters. The Morgan fingerprint density at radius 1 is 1.00 bits per heavy atom. The zero-order valence-electron chi connectivity index (χ0n) is 12.2. The van der Waals surface area contributed by atoms with Crippen molar-refractivity contribution in [1.29, 1.82) is 0 Å². The summed E-state index contributed by atoms with van der Waals surface area (Å²) in [5.74, 6) is 3.17. The number of piperidine rings is 1. The van der Waals surface area contributed by atoms with Gasteiger partial charge in [0.2, 0.25) is 0 Å². The van der Waals surface area contributed by atoms with E-state index in [-0.39, 0.29) is 0 Å². The van der Waals surface area contributed by atoms with Crippen LogP contribution < -0.4 is 4.90 Å². The van der Waals surface area contributed by atoms with E-state index in [9.17, 15) is 0 Å². The van der Waals surface area contributed by atoms with Crippen molar-refractivity contribution in [3.8, 4) is 0 Å². The van der Waals surface area contributed by atoms with Gasteiger partial charge in [0.25, 0.3) is 0 Å². The average molecular weight is 271 g/mol. The van der Waals surface area contributed by atoms with Crippen LogP contribution in [0, 0.1) is 11.8 Å². The number of hydrogen-bond donors (Lipinski definition) is 0. The zero-order valence-corrected chi connectivity index (χ0v) is 12.2. The van der Waals surface area contributed by atoms with Crippen LogP contribution in [0.1, 0.15) is 32.1 Å². The van der Waals surface area contributed by atoms with Gasteiger partial charge in [0, 0.05) is 38.4 Å². The lowest BCUT2D eigenvalue weighted by molar-refractivity contribution is 0.0319. The van der Waals surface area contributed by atoms with Gasteiger partial charge < -0.3 is 4.90 Å².